The summed E-state index contributed by atoms with van der Waals surface area (Å²) in [6.07, 6.45) is 5.13. The maximum absolute atomic E-state index is 13.5. The van der Waals surface area contributed by atoms with Crippen LogP contribution in [0.3, 0.4) is 0 Å². The molecule has 0 bridgehead atoms. The lowest BCUT2D eigenvalue weighted by molar-refractivity contribution is 0.0987. The van der Waals surface area contributed by atoms with Gasteiger partial charge in [-0.2, -0.15) is 0 Å². The fourth-order valence-corrected chi connectivity index (χ4v) is 3.55. The second kappa shape index (κ2) is 6.04. The molecule has 2 unspecified atom stereocenters. The average Bonchev–Trinajstić information content (AvgIpc) is 2.36. The monoisotopic (exact) mass is 263 g/mol. The Labute approximate surface area is 116 Å². The summed E-state index contributed by atoms with van der Waals surface area (Å²) in [6, 6.07) is 7.37. The maximum atomic E-state index is 13.5. The number of halogens is 1. The molecule has 0 aromatic heterocycles. The third-order valence-electron chi connectivity index (χ3n) is 4.62. The van der Waals surface area contributed by atoms with E-state index in [1.807, 2.05) is 6.07 Å². The molecule has 1 aliphatic rings. The van der Waals surface area contributed by atoms with E-state index < -0.39 is 0 Å². The third-order valence-corrected chi connectivity index (χ3v) is 4.62. The molecule has 106 valence electrons. The molecule has 1 aromatic rings. The fraction of sp³-hybridized carbons (Fsp3) is 0.647. The van der Waals surface area contributed by atoms with Crippen molar-refractivity contribution in [1.82, 2.24) is 5.32 Å². The van der Waals surface area contributed by atoms with Gasteiger partial charge in [0.05, 0.1) is 0 Å². The van der Waals surface area contributed by atoms with Gasteiger partial charge < -0.3 is 5.32 Å². The summed E-state index contributed by atoms with van der Waals surface area (Å²) >= 11 is 0. The van der Waals surface area contributed by atoms with Gasteiger partial charge in [-0.1, -0.05) is 45.7 Å². The number of nitrogens with one attached hydrogen (secondary N) is 1. The van der Waals surface area contributed by atoms with Crippen LogP contribution in [0.5, 0.6) is 0 Å². The van der Waals surface area contributed by atoms with Crippen LogP contribution < -0.4 is 5.32 Å². The van der Waals surface area contributed by atoms with Gasteiger partial charge in [0, 0.05) is 6.04 Å². The zero-order chi connectivity index (χ0) is 13.9. The first kappa shape index (κ1) is 14.5. The molecule has 0 aliphatic heterocycles. The molecule has 0 heterocycles. The molecule has 1 saturated carbocycles. The van der Waals surface area contributed by atoms with E-state index >= 15 is 0 Å². The molecular weight excluding hydrogens is 237 g/mol. The molecule has 1 nitrogen and oxygen atoms in total. The molecule has 0 radical (unpaired) electrons. The topological polar surface area (TPSA) is 12.0 Å². The number of benzene rings is 1. The second-order valence-corrected chi connectivity index (χ2v) is 6.43. The Hall–Kier alpha value is -0.890. The molecule has 2 heteroatoms. The summed E-state index contributed by atoms with van der Waals surface area (Å²) < 4.78 is 13.5. The van der Waals surface area contributed by atoms with Crippen molar-refractivity contribution in [3.05, 3.63) is 35.6 Å². The summed E-state index contributed by atoms with van der Waals surface area (Å²) in [5.74, 6) is 0.456. The van der Waals surface area contributed by atoms with Crippen LogP contribution in [-0.2, 0) is 0 Å². The molecule has 0 saturated heterocycles. The summed E-state index contributed by atoms with van der Waals surface area (Å²) in [5.41, 5.74) is 1.43. The summed E-state index contributed by atoms with van der Waals surface area (Å²) in [7, 11) is 0. The highest BCUT2D eigenvalue weighted by molar-refractivity contribution is 5.22. The minimum absolute atomic E-state index is 0.131. The molecule has 1 aromatic carbocycles. The largest absolute Gasteiger partial charge is 0.310 e. The van der Waals surface area contributed by atoms with Crippen LogP contribution in [0.25, 0.3) is 0 Å². The Bertz CT molecular complexity index is 413. The third kappa shape index (κ3) is 3.36. The van der Waals surface area contributed by atoms with Gasteiger partial charge in [-0.3, -0.25) is 0 Å². The van der Waals surface area contributed by atoms with Crippen LogP contribution >= 0.6 is 0 Å². The Morgan fingerprint density at radius 1 is 1.37 bits per heavy atom. The lowest BCUT2D eigenvalue weighted by Crippen LogP contribution is -2.39. The van der Waals surface area contributed by atoms with E-state index in [4.69, 9.17) is 0 Å². The molecule has 19 heavy (non-hydrogen) atoms. The lowest BCUT2D eigenvalue weighted by Gasteiger charge is -2.43. The van der Waals surface area contributed by atoms with Gasteiger partial charge >= 0.3 is 0 Å². The fourth-order valence-electron chi connectivity index (χ4n) is 3.55. The van der Waals surface area contributed by atoms with E-state index in [0.29, 0.717) is 11.3 Å². The molecule has 1 N–H and O–H groups in total. The van der Waals surface area contributed by atoms with Crippen LogP contribution in [0.15, 0.2) is 24.3 Å². The van der Waals surface area contributed by atoms with Crippen LogP contribution in [0.1, 0.15) is 58.1 Å². The Morgan fingerprint density at radius 3 is 2.79 bits per heavy atom. The molecule has 1 aliphatic carbocycles. The van der Waals surface area contributed by atoms with E-state index in [2.05, 4.69) is 32.2 Å². The molecule has 0 spiro atoms. The molecular formula is C17H26FN. The zero-order valence-electron chi connectivity index (χ0n) is 12.4. The highest BCUT2D eigenvalue weighted by Crippen LogP contribution is 2.46. The van der Waals surface area contributed by atoms with Gasteiger partial charge in [0.25, 0.3) is 0 Å². The van der Waals surface area contributed by atoms with Gasteiger partial charge in [-0.15, -0.1) is 0 Å². The Balaban J connectivity index is 2.28. The van der Waals surface area contributed by atoms with Gasteiger partial charge in [0.2, 0.25) is 0 Å². The minimum Gasteiger partial charge on any atom is -0.310 e. The van der Waals surface area contributed by atoms with Crippen molar-refractivity contribution in [2.45, 2.75) is 52.5 Å². The standard InChI is InChI=1S/C17H26FN/c1-4-19-16(13-8-7-9-14(18)12-13)15-10-5-6-11-17(15,2)3/h7-9,12,15-16,19H,4-6,10-11H2,1-3H3. The normalized spacial score (nSPS) is 24.1. The van der Waals surface area contributed by atoms with Gasteiger partial charge in [-0.05, 0) is 48.4 Å². The van der Waals surface area contributed by atoms with E-state index in [1.54, 1.807) is 6.07 Å². The molecule has 0 amide bonds. The summed E-state index contributed by atoms with van der Waals surface area (Å²) in [4.78, 5) is 0. The second-order valence-electron chi connectivity index (χ2n) is 6.43. The number of hydrogen-bond acceptors (Lipinski definition) is 1. The number of rotatable bonds is 4. The van der Waals surface area contributed by atoms with Crippen molar-refractivity contribution in [3.8, 4) is 0 Å². The van der Waals surface area contributed by atoms with Crippen LogP contribution in [0.2, 0.25) is 0 Å². The first-order chi connectivity index (χ1) is 9.04. The van der Waals surface area contributed by atoms with Crippen LogP contribution in [-0.4, -0.2) is 6.54 Å². The maximum Gasteiger partial charge on any atom is 0.123 e. The van der Waals surface area contributed by atoms with E-state index in [9.17, 15) is 4.39 Å². The Kier molecular flexibility index (Phi) is 4.62. The van der Waals surface area contributed by atoms with Crippen LogP contribution in [0.4, 0.5) is 4.39 Å². The first-order valence-electron chi connectivity index (χ1n) is 7.53. The summed E-state index contributed by atoms with van der Waals surface area (Å²) in [6.45, 7) is 7.77. The quantitative estimate of drug-likeness (QED) is 0.830. The smallest absolute Gasteiger partial charge is 0.123 e. The lowest BCUT2D eigenvalue weighted by atomic mass is 9.65. The average molecular weight is 263 g/mol. The Morgan fingerprint density at radius 2 is 2.16 bits per heavy atom. The minimum atomic E-state index is -0.131. The zero-order valence-corrected chi connectivity index (χ0v) is 12.4. The SMILES string of the molecule is CCNC(c1cccc(F)c1)C1CCCCC1(C)C. The predicted molar refractivity (Wildman–Crippen MR) is 78.6 cm³/mol. The van der Waals surface area contributed by atoms with Crippen LogP contribution in [0, 0.1) is 17.2 Å². The van der Waals surface area contributed by atoms with Gasteiger partial charge in [-0.25, -0.2) is 4.39 Å². The highest BCUT2D eigenvalue weighted by Gasteiger charge is 2.37. The van der Waals surface area contributed by atoms with Crippen molar-refractivity contribution >= 4 is 0 Å². The summed E-state index contributed by atoms with van der Waals surface area (Å²) in [5, 5.41) is 3.58. The molecule has 1 fully saturated rings. The van der Waals surface area contributed by atoms with Crippen molar-refractivity contribution in [2.24, 2.45) is 11.3 Å². The van der Waals surface area contributed by atoms with Crippen molar-refractivity contribution in [1.29, 1.82) is 0 Å². The first-order valence-corrected chi connectivity index (χ1v) is 7.53. The molecule has 2 atom stereocenters. The molecule has 2 rings (SSSR count). The van der Waals surface area contributed by atoms with Gasteiger partial charge in [0.1, 0.15) is 5.82 Å². The van der Waals surface area contributed by atoms with E-state index in [1.165, 1.54) is 31.7 Å². The van der Waals surface area contributed by atoms with E-state index in [-0.39, 0.29) is 11.9 Å². The van der Waals surface area contributed by atoms with E-state index in [0.717, 1.165) is 12.1 Å². The van der Waals surface area contributed by atoms with Crippen molar-refractivity contribution in [2.75, 3.05) is 6.54 Å². The van der Waals surface area contributed by atoms with Crippen molar-refractivity contribution in [3.63, 3.8) is 0 Å². The van der Waals surface area contributed by atoms with Crippen molar-refractivity contribution < 1.29 is 4.39 Å². The number of hydrogen-bond donors (Lipinski definition) is 1. The van der Waals surface area contributed by atoms with Gasteiger partial charge in [0.15, 0.2) is 0 Å². The predicted octanol–water partition coefficient (Wildman–Crippen LogP) is 4.69. The highest BCUT2D eigenvalue weighted by atomic mass is 19.1.